The highest BCUT2D eigenvalue weighted by Gasteiger charge is 1.98. The van der Waals surface area contributed by atoms with Crippen molar-refractivity contribution in [3.05, 3.63) is 17.0 Å². The molecule has 0 unspecified atom stereocenters. The van der Waals surface area contributed by atoms with Crippen LogP contribution in [0, 0.1) is 0 Å². The molecule has 0 saturated carbocycles. The molecule has 2 aromatic heterocycles. The first-order valence-corrected chi connectivity index (χ1v) is 3.59. The van der Waals surface area contributed by atoms with E-state index in [-0.39, 0.29) is 5.88 Å². The van der Waals surface area contributed by atoms with E-state index in [1.54, 1.807) is 0 Å². The molecule has 0 fully saturated rings. The molecule has 0 aliphatic heterocycles. The van der Waals surface area contributed by atoms with Crippen molar-refractivity contribution in [3.8, 4) is 5.88 Å². The molecule has 0 bridgehead atoms. The molecule has 2 heterocycles. The van der Waals surface area contributed by atoms with E-state index in [0.717, 1.165) is 4.52 Å². The third-order valence-corrected chi connectivity index (χ3v) is 1.76. The fraction of sp³-hybridized carbons (Fsp3) is 0. The molecule has 2 aromatic rings. The summed E-state index contributed by atoms with van der Waals surface area (Å²) in [6.45, 7) is 0. The Hall–Kier alpha value is -1.17. The zero-order valence-electron chi connectivity index (χ0n) is 5.23. The molecule has 0 aliphatic rings. The van der Waals surface area contributed by atoms with E-state index < -0.39 is 0 Å². The van der Waals surface area contributed by atoms with Crippen LogP contribution < -0.4 is 5.11 Å². The van der Waals surface area contributed by atoms with Crippen LogP contribution in [-0.2, 0) is 0 Å². The summed E-state index contributed by atoms with van der Waals surface area (Å²) in [7, 11) is 0. The lowest BCUT2D eigenvalue weighted by Gasteiger charge is -2.07. The van der Waals surface area contributed by atoms with Gasteiger partial charge in [0.15, 0.2) is 0 Å². The Bertz CT molecular complexity index is 398. The fourth-order valence-electron chi connectivity index (χ4n) is 0.738. The Morgan fingerprint density at radius 2 is 2.27 bits per heavy atom. The number of hydrogen-bond donors (Lipinski definition) is 0. The van der Waals surface area contributed by atoms with E-state index in [1.807, 2.05) is 0 Å². The monoisotopic (exact) mass is 213 g/mol. The summed E-state index contributed by atoms with van der Waals surface area (Å²) in [5, 5.41) is 14.8. The minimum Gasteiger partial charge on any atom is -0.858 e. The van der Waals surface area contributed by atoms with Crippen LogP contribution >= 0.6 is 15.9 Å². The van der Waals surface area contributed by atoms with Crippen molar-refractivity contribution in [1.82, 2.24) is 19.6 Å². The van der Waals surface area contributed by atoms with Crippen molar-refractivity contribution >= 4 is 21.7 Å². The largest absolute Gasteiger partial charge is 0.858 e. The van der Waals surface area contributed by atoms with E-state index in [1.165, 1.54) is 12.5 Å². The van der Waals surface area contributed by atoms with Crippen LogP contribution in [0.5, 0.6) is 5.88 Å². The average molecular weight is 214 g/mol. The van der Waals surface area contributed by atoms with Crippen LogP contribution in [0.1, 0.15) is 0 Å². The molecule has 0 saturated heterocycles. The van der Waals surface area contributed by atoms with Gasteiger partial charge in [0.1, 0.15) is 6.33 Å². The van der Waals surface area contributed by atoms with Crippen LogP contribution in [0.2, 0.25) is 0 Å². The lowest BCUT2D eigenvalue weighted by atomic mass is 10.6. The smallest absolute Gasteiger partial charge is 0.251 e. The minimum absolute atomic E-state index is 0.243. The van der Waals surface area contributed by atoms with Gasteiger partial charge in [-0.25, -0.2) is 9.50 Å². The predicted octanol–water partition coefficient (Wildman–Crippen LogP) is -0.0396. The van der Waals surface area contributed by atoms with E-state index in [9.17, 15) is 5.11 Å². The summed E-state index contributed by atoms with van der Waals surface area (Å²) in [4.78, 5) is 7.58. The van der Waals surface area contributed by atoms with Crippen molar-refractivity contribution in [2.45, 2.75) is 0 Å². The fourth-order valence-corrected chi connectivity index (χ4v) is 1.01. The minimum atomic E-state index is -0.243. The Kier molecular flexibility index (Phi) is 1.28. The van der Waals surface area contributed by atoms with E-state index in [0.29, 0.717) is 10.3 Å². The van der Waals surface area contributed by atoms with Gasteiger partial charge in [0.25, 0.3) is 5.78 Å². The second kappa shape index (κ2) is 2.16. The first-order chi connectivity index (χ1) is 5.29. The van der Waals surface area contributed by atoms with Gasteiger partial charge in [-0.1, -0.05) is 0 Å². The van der Waals surface area contributed by atoms with Gasteiger partial charge in [-0.15, -0.1) is 0 Å². The highest BCUT2D eigenvalue weighted by Crippen LogP contribution is 2.18. The van der Waals surface area contributed by atoms with Gasteiger partial charge in [-0.2, -0.15) is 10.1 Å². The second-order valence-corrected chi connectivity index (χ2v) is 2.74. The van der Waals surface area contributed by atoms with E-state index in [4.69, 9.17) is 0 Å². The van der Waals surface area contributed by atoms with Crippen molar-refractivity contribution in [2.24, 2.45) is 0 Å². The lowest BCUT2D eigenvalue weighted by Crippen LogP contribution is -2.02. The van der Waals surface area contributed by atoms with Gasteiger partial charge in [0.05, 0.1) is 0 Å². The highest BCUT2D eigenvalue weighted by atomic mass is 79.9. The molecule has 0 aromatic carbocycles. The summed E-state index contributed by atoms with van der Waals surface area (Å²) in [6.07, 6.45) is 2.70. The van der Waals surface area contributed by atoms with Crippen LogP contribution in [0.4, 0.5) is 0 Å². The molecule has 56 valence electrons. The standard InChI is InChI=1S/C5H3BrN4O/c6-3-1-7-5-8-2-9-10(5)4(3)11/h1-2,11H/p-1. The van der Waals surface area contributed by atoms with E-state index >= 15 is 0 Å². The lowest BCUT2D eigenvalue weighted by molar-refractivity contribution is -0.278. The molecule has 0 N–H and O–H groups in total. The maximum atomic E-state index is 11.2. The maximum absolute atomic E-state index is 11.2. The van der Waals surface area contributed by atoms with Crippen molar-refractivity contribution < 1.29 is 5.11 Å². The number of rotatable bonds is 0. The van der Waals surface area contributed by atoms with Gasteiger partial charge >= 0.3 is 0 Å². The Morgan fingerprint density at radius 3 is 3.09 bits per heavy atom. The maximum Gasteiger partial charge on any atom is 0.251 e. The third kappa shape index (κ3) is 0.864. The molecule has 0 aliphatic carbocycles. The first kappa shape index (κ1) is 6.53. The number of hydrogen-bond acceptors (Lipinski definition) is 4. The summed E-state index contributed by atoms with van der Waals surface area (Å²) in [5.74, 6) is 0.0747. The summed E-state index contributed by atoms with van der Waals surface area (Å²) in [5.41, 5.74) is 0. The number of nitrogens with zero attached hydrogens (tertiary/aromatic N) is 4. The molecule has 5 nitrogen and oxygen atoms in total. The normalized spacial score (nSPS) is 10.6. The van der Waals surface area contributed by atoms with Gasteiger partial charge < -0.3 is 5.11 Å². The van der Waals surface area contributed by atoms with Crippen molar-refractivity contribution in [2.75, 3.05) is 0 Å². The third-order valence-electron chi connectivity index (χ3n) is 1.22. The predicted molar refractivity (Wildman–Crippen MR) is 37.9 cm³/mol. The van der Waals surface area contributed by atoms with Crippen LogP contribution in [0.3, 0.4) is 0 Å². The molecule has 0 radical (unpaired) electrons. The Labute approximate surface area is 69.8 Å². The summed E-state index contributed by atoms with van der Waals surface area (Å²) < 4.78 is 1.51. The number of aromatic nitrogens is 4. The molecule has 11 heavy (non-hydrogen) atoms. The average Bonchev–Trinajstić information content (AvgIpc) is 2.45. The van der Waals surface area contributed by atoms with Crippen LogP contribution in [0.25, 0.3) is 5.78 Å². The Balaban J connectivity index is 2.93. The van der Waals surface area contributed by atoms with Crippen LogP contribution in [-0.4, -0.2) is 19.6 Å². The molecule has 6 heteroatoms. The molecule has 0 spiro atoms. The Morgan fingerprint density at radius 1 is 1.45 bits per heavy atom. The second-order valence-electron chi connectivity index (χ2n) is 1.88. The highest BCUT2D eigenvalue weighted by molar-refractivity contribution is 9.10. The van der Waals surface area contributed by atoms with Crippen molar-refractivity contribution in [3.63, 3.8) is 0 Å². The van der Waals surface area contributed by atoms with Crippen molar-refractivity contribution in [1.29, 1.82) is 0 Å². The zero-order chi connectivity index (χ0) is 7.84. The molecule has 0 amide bonds. The zero-order valence-corrected chi connectivity index (χ0v) is 6.82. The SMILES string of the molecule is [O-]c1c(Br)cnc2ncnn12. The molecular formula is C5H2BrN4O-. The molecule has 0 atom stereocenters. The number of fused-ring (bicyclic) bond motifs is 1. The molecular weight excluding hydrogens is 212 g/mol. The summed E-state index contributed by atoms with van der Waals surface area (Å²) >= 11 is 3.04. The van der Waals surface area contributed by atoms with Gasteiger partial charge in [-0.05, 0) is 15.9 Å². The quantitative estimate of drug-likeness (QED) is 0.617. The van der Waals surface area contributed by atoms with Gasteiger partial charge in [0.2, 0.25) is 0 Å². The number of halogens is 1. The van der Waals surface area contributed by atoms with Gasteiger partial charge in [0, 0.05) is 16.5 Å². The first-order valence-electron chi connectivity index (χ1n) is 2.80. The molecule has 2 rings (SSSR count). The topological polar surface area (TPSA) is 66.1 Å². The van der Waals surface area contributed by atoms with E-state index in [2.05, 4.69) is 31.0 Å². The van der Waals surface area contributed by atoms with Gasteiger partial charge in [-0.3, -0.25) is 0 Å². The summed E-state index contributed by atoms with van der Waals surface area (Å²) in [6, 6.07) is 0. The van der Waals surface area contributed by atoms with Crippen LogP contribution in [0.15, 0.2) is 17.0 Å².